The van der Waals surface area contributed by atoms with Crippen LogP contribution in [0.5, 0.6) is 17.2 Å². The molecule has 0 aliphatic rings. The minimum absolute atomic E-state index is 0.0579. The number of hydrogen-bond donors (Lipinski definition) is 1. The fourth-order valence-electron chi connectivity index (χ4n) is 2.17. The van der Waals surface area contributed by atoms with E-state index < -0.39 is 17.6 Å². The zero-order valence-electron chi connectivity index (χ0n) is 14.9. The summed E-state index contributed by atoms with van der Waals surface area (Å²) in [6.07, 6.45) is -3.85. The summed E-state index contributed by atoms with van der Waals surface area (Å²) in [5.41, 5.74) is -0.937. The minimum Gasteiger partial charge on any atom is -0.497 e. The number of alkyl halides is 3. The summed E-state index contributed by atoms with van der Waals surface area (Å²) in [4.78, 5) is 12.1. The van der Waals surface area contributed by atoms with Gasteiger partial charge in [0.25, 0.3) is 5.91 Å². The van der Waals surface area contributed by atoms with Gasteiger partial charge in [0, 0.05) is 6.07 Å². The van der Waals surface area contributed by atoms with E-state index in [1.807, 2.05) is 6.92 Å². The molecule has 0 aliphatic carbocycles. The average Bonchev–Trinajstić information content (AvgIpc) is 2.64. The second kappa shape index (κ2) is 9.16. The lowest BCUT2D eigenvalue weighted by Crippen LogP contribution is -2.21. The van der Waals surface area contributed by atoms with Crippen molar-refractivity contribution in [1.82, 2.24) is 0 Å². The summed E-state index contributed by atoms with van der Waals surface area (Å²) in [5.74, 6) is 0.509. The topological polar surface area (TPSA) is 56.8 Å². The third-order valence-corrected chi connectivity index (χ3v) is 3.45. The number of amides is 1. The standard InChI is InChI=1S/C19H20F3NO4/c1-3-9-26-17-8-7-13(19(20,21)22)10-16(17)23-18(24)12-27-15-6-4-5-14(11-15)25-2/h4-8,10-11H,3,9,12H2,1-2H3,(H,23,24). The van der Waals surface area contributed by atoms with Gasteiger partial charge in [0.15, 0.2) is 6.61 Å². The monoisotopic (exact) mass is 383 g/mol. The van der Waals surface area contributed by atoms with E-state index in [1.54, 1.807) is 24.3 Å². The average molecular weight is 383 g/mol. The van der Waals surface area contributed by atoms with Crippen LogP contribution >= 0.6 is 0 Å². The van der Waals surface area contributed by atoms with Gasteiger partial charge in [0.05, 0.1) is 25.0 Å². The van der Waals surface area contributed by atoms with Crippen LogP contribution in [0.25, 0.3) is 0 Å². The lowest BCUT2D eigenvalue weighted by molar-refractivity contribution is -0.137. The Bertz CT molecular complexity index is 778. The van der Waals surface area contributed by atoms with Crippen molar-refractivity contribution in [2.75, 3.05) is 25.6 Å². The van der Waals surface area contributed by atoms with Gasteiger partial charge in [0.2, 0.25) is 0 Å². The van der Waals surface area contributed by atoms with Crippen molar-refractivity contribution in [2.45, 2.75) is 19.5 Å². The van der Waals surface area contributed by atoms with Crippen molar-refractivity contribution in [3.8, 4) is 17.2 Å². The van der Waals surface area contributed by atoms with Gasteiger partial charge in [-0.3, -0.25) is 4.79 Å². The molecule has 0 radical (unpaired) electrons. The van der Waals surface area contributed by atoms with Crippen LogP contribution in [0.3, 0.4) is 0 Å². The van der Waals surface area contributed by atoms with Gasteiger partial charge in [-0.25, -0.2) is 0 Å². The molecule has 1 N–H and O–H groups in total. The first-order chi connectivity index (χ1) is 12.8. The summed E-state index contributed by atoms with van der Waals surface area (Å²) >= 11 is 0. The number of methoxy groups -OCH3 is 1. The van der Waals surface area contributed by atoms with Gasteiger partial charge in [-0.15, -0.1) is 0 Å². The maximum atomic E-state index is 12.9. The maximum absolute atomic E-state index is 12.9. The molecule has 0 fully saturated rings. The number of anilines is 1. The van der Waals surface area contributed by atoms with Crippen molar-refractivity contribution in [3.05, 3.63) is 48.0 Å². The Hall–Kier alpha value is -2.90. The molecule has 0 unspecified atom stereocenters. The number of rotatable bonds is 8. The summed E-state index contributed by atoms with van der Waals surface area (Å²) in [6, 6.07) is 9.57. The van der Waals surface area contributed by atoms with Crippen molar-refractivity contribution < 1.29 is 32.2 Å². The van der Waals surface area contributed by atoms with E-state index in [1.165, 1.54) is 13.2 Å². The Morgan fingerprint density at radius 2 is 1.81 bits per heavy atom. The van der Waals surface area contributed by atoms with Crippen molar-refractivity contribution in [3.63, 3.8) is 0 Å². The predicted octanol–water partition coefficient (Wildman–Crippen LogP) is 4.52. The Morgan fingerprint density at radius 1 is 1.07 bits per heavy atom. The van der Waals surface area contributed by atoms with Gasteiger partial charge in [0.1, 0.15) is 17.2 Å². The zero-order valence-corrected chi connectivity index (χ0v) is 14.9. The second-order valence-electron chi connectivity index (χ2n) is 5.57. The van der Waals surface area contributed by atoms with Crippen LogP contribution in [0.1, 0.15) is 18.9 Å². The van der Waals surface area contributed by atoms with E-state index in [-0.39, 0.29) is 18.0 Å². The highest BCUT2D eigenvalue weighted by molar-refractivity contribution is 5.93. The van der Waals surface area contributed by atoms with E-state index in [4.69, 9.17) is 14.2 Å². The highest BCUT2D eigenvalue weighted by Crippen LogP contribution is 2.35. The minimum atomic E-state index is -4.53. The number of halogens is 3. The van der Waals surface area contributed by atoms with Crippen molar-refractivity contribution >= 4 is 11.6 Å². The highest BCUT2D eigenvalue weighted by Gasteiger charge is 2.31. The van der Waals surface area contributed by atoms with Gasteiger partial charge < -0.3 is 19.5 Å². The number of benzene rings is 2. The van der Waals surface area contributed by atoms with E-state index in [2.05, 4.69) is 5.32 Å². The SMILES string of the molecule is CCCOc1ccc(C(F)(F)F)cc1NC(=O)COc1cccc(OC)c1. The Morgan fingerprint density at radius 3 is 2.48 bits per heavy atom. The molecular formula is C19H20F3NO4. The summed E-state index contributed by atoms with van der Waals surface area (Å²) in [7, 11) is 1.50. The van der Waals surface area contributed by atoms with Crippen LogP contribution in [0.4, 0.5) is 18.9 Å². The number of hydrogen-bond acceptors (Lipinski definition) is 4. The van der Waals surface area contributed by atoms with Gasteiger partial charge in [-0.05, 0) is 36.8 Å². The molecule has 0 saturated heterocycles. The van der Waals surface area contributed by atoms with Crippen molar-refractivity contribution in [1.29, 1.82) is 0 Å². The van der Waals surface area contributed by atoms with Crippen LogP contribution in [0, 0.1) is 0 Å². The molecule has 5 nitrogen and oxygen atoms in total. The van der Waals surface area contributed by atoms with Crippen LogP contribution < -0.4 is 19.5 Å². The molecule has 2 rings (SSSR count). The third kappa shape index (κ3) is 6.09. The molecule has 0 heterocycles. The number of carbonyl (C=O) groups excluding carboxylic acids is 1. The molecule has 2 aromatic rings. The zero-order chi connectivity index (χ0) is 19.9. The second-order valence-corrected chi connectivity index (χ2v) is 5.57. The van der Waals surface area contributed by atoms with Gasteiger partial charge >= 0.3 is 6.18 Å². The predicted molar refractivity (Wildman–Crippen MR) is 94.3 cm³/mol. The maximum Gasteiger partial charge on any atom is 0.416 e. The van der Waals surface area contributed by atoms with E-state index in [0.717, 1.165) is 12.1 Å². The van der Waals surface area contributed by atoms with E-state index in [9.17, 15) is 18.0 Å². The van der Waals surface area contributed by atoms with Gasteiger partial charge in [-0.2, -0.15) is 13.2 Å². The first-order valence-electron chi connectivity index (χ1n) is 8.24. The number of nitrogens with one attached hydrogen (secondary N) is 1. The molecule has 1 amide bonds. The lowest BCUT2D eigenvalue weighted by Gasteiger charge is -2.15. The van der Waals surface area contributed by atoms with Crippen LogP contribution in [-0.4, -0.2) is 26.2 Å². The molecule has 8 heteroatoms. The van der Waals surface area contributed by atoms with E-state index >= 15 is 0 Å². The highest BCUT2D eigenvalue weighted by atomic mass is 19.4. The molecule has 0 aliphatic heterocycles. The molecule has 0 bridgehead atoms. The molecule has 27 heavy (non-hydrogen) atoms. The molecule has 2 aromatic carbocycles. The third-order valence-electron chi connectivity index (χ3n) is 3.45. The molecular weight excluding hydrogens is 363 g/mol. The summed E-state index contributed by atoms with van der Waals surface area (Å²) in [6.45, 7) is 1.80. The number of carbonyl (C=O) groups is 1. The summed E-state index contributed by atoms with van der Waals surface area (Å²) < 4.78 is 54.6. The van der Waals surface area contributed by atoms with Crippen LogP contribution in [-0.2, 0) is 11.0 Å². The molecule has 0 saturated carbocycles. The molecule has 146 valence electrons. The Labute approximate surface area is 155 Å². The normalized spacial score (nSPS) is 11.0. The molecule has 0 aromatic heterocycles. The molecule has 0 atom stereocenters. The lowest BCUT2D eigenvalue weighted by atomic mass is 10.1. The Balaban J connectivity index is 2.09. The van der Waals surface area contributed by atoms with Gasteiger partial charge in [-0.1, -0.05) is 13.0 Å². The Kier molecular flexibility index (Phi) is 6.92. The first-order valence-corrected chi connectivity index (χ1v) is 8.24. The number of ether oxygens (including phenoxy) is 3. The first kappa shape index (κ1) is 20.4. The fourth-order valence-corrected chi connectivity index (χ4v) is 2.17. The van der Waals surface area contributed by atoms with E-state index in [0.29, 0.717) is 24.5 Å². The summed E-state index contributed by atoms with van der Waals surface area (Å²) in [5, 5.41) is 2.41. The molecule has 0 spiro atoms. The smallest absolute Gasteiger partial charge is 0.416 e. The fraction of sp³-hybridized carbons (Fsp3) is 0.316. The van der Waals surface area contributed by atoms with Crippen LogP contribution in [0.15, 0.2) is 42.5 Å². The largest absolute Gasteiger partial charge is 0.497 e. The van der Waals surface area contributed by atoms with Crippen molar-refractivity contribution in [2.24, 2.45) is 0 Å². The van der Waals surface area contributed by atoms with Crippen LogP contribution in [0.2, 0.25) is 0 Å². The quantitative estimate of drug-likeness (QED) is 0.728.